The maximum absolute atomic E-state index is 12.6. The lowest BCUT2D eigenvalue weighted by Gasteiger charge is -2.35. The van der Waals surface area contributed by atoms with Crippen molar-refractivity contribution in [2.75, 3.05) is 13.7 Å². The first-order valence-corrected chi connectivity index (χ1v) is 6.93. The highest BCUT2D eigenvalue weighted by atomic mass is 16.5. The third-order valence-corrected chi connectivity index (χ3v) is 3.75. The predicted molar refractivity (Wildman–Crippen MR) is 75.6 cm³/mol. The first-order valence-electron chi connectivity index (χ1n) is 6.93. The van der Waals surface area contributed by atoms with Gasteiger partial charge in [0.25, 0.3) is 5.91 Å². The van der Waals surface area contributed by atoms with Gasteiger partial charge in [0.15, 0.2) is 11.5 Å². The molecular weight excluding hydrogens is 274 g/mol. The van der Waals surface area contributed by atoms with E-state index in [2.05, 4.69) is 0 Å². The van der Waals surface area contributed by atoms with Gasteiger partial charge in [0.05, 0.1) is 19.1 Å². The molecule has 2 rings (SSSR count). The number of hydrogen-bond donors (Lipinski definition) is 2. The fraction of sp³-hybridized carbons (Fsp3) is 0.467. The zero-order chi connectivity index (χ0) is 15.4. The molecule has 0 aromatic heterocycles. The van der Waals surface area contributed by atoms with Crippen LogP contribution in [0, 0.1) is 0 Å². The van der Waals surface area contributed by atoms with Crippen molar-refractivity contribution >= 4 is 11.9 Å². The van der Waals surface area contributed by atoms with Crippen molar-refractivity contribution in [1.82, 2.24) is 4.90 Å². The molecule has 1 atom stereocenters. The molecule has 0 bridgehead atoms. The van der Waals surface area contributed by atoms with Gasteiger partial charge in [0, 0.05) is 12.6 Å². The molecule has 6 nitrogen and oxygen atoms in total. The predicted octanol–water partition coefficient (Wildman–Crippen LogP) is 1.87. The number of amides is 1. The molecule has 1 aliphatic heterocycles. The van der Waals surface area contributed by atoms with Gasteiger partial charge in [-0.2, -0.15) is 0 Å². The molecule has 1 unspecified atom stereocenters. The first kappa shape index (κ1) is 15.2. The van der Waals surface area contributed by atoms with Gasteiger partial charge in [-0.05, 0) is 31.4 Å². The number of aliphatic carboxylic acids is 1. The number of piperidine rings is 1. The zero-order valence-electron chi connectivity index (χ0n) is 11.9. The molecule has 1 amide bonds. The molecule has 2 N–H and O–H groups in total. The summed E-state index contributed by atoms with van der Waals surface area (Å²) in [6.07, 6.45) is 2.34. The van der Waals surface area contributed by atoms with E-state index in [1.807, 2.05) is 0 Å². The van der Waals surface area contributed by atoms with Crippen molar-refractivity contribution in [3.8, 4) is 11.5 Å². The fourth-order valence-corrected chi connectivity index (χ4v) is 2.70. The van der Waals surface area contributed by atoms with Gasteiger partial charge in [-0.3, -0.25) is 9.59 Å². The van der Waals surface area contributed by atoms with E-state index in [1.54, 1.807) is 17.0 Å². The molecule has 1 aliphatic rings. The SMILES string of the molecule is COc1cccc(C(=O)N2CCCCC2CC(=O)O)c1O. The Hall–Kier alpha value is -2.24. The molecule has 6 heteroatoms. The average molecular weight is 293 g/mol. The van der Waals surface area contributed by atoms with E-state index in [-0.39, 0.29) is 35.4 Å². The molecule has 1 fully saturated rings. The van der Waals surface area contributed by atoms with E-state index >= 15 is 0 Å². The average Bonchev–Trinajstić information content (AvgIpc) is 2.47. The largest absolute Gasteiger partial charge is 0.504 e. The molecule has 1 aromatic rings. The molecule has 0 radical (unpaired) electrons. The van der Waals surface area contributed by atoms with E-state index in [9.17, 15) is 14.7 Å². The Balaban J connectivity index is 2.26. The lowest BCUT2D eigenvalue weighted by atomic mass is 9.98. The molecule has 0 aliphatic carbocycles. The Labute approximate surface area is 122 Å². The third kappa shape index (κ3) is 3.26. The molecule has 0 spiro atoms. The van der Waals surface area contributed by atoms with Gasteiger partial charge >= 0.3 is 5.97 Å². The summed E-state index contributed by atoms with van der Waals surface area (Å²) >= 11 is 0. The zero-order valence-corrected chi connectivity index (χ0v) is 11.9. The van der Waals surface area contributed by atoms with Crippen LogP contribution in [-0.4, -0.2) is 46.7 Å². The van der Waals surface area contributed by atoms with E-state index in [1.165, 1.54) is 13.2 Å². The summed E-state index contributed by atoms with van der Waals surface area (Å²) in [4.78, 5) is 25.1. The van der Waals surface area contributed by atoms with Gasteiger partial charge in [0.2, 0.25) is 0 Å². The van der Waals surface area contributed by atoms with Crippen LogP contribution in [-0.2, 0) is 4.79 Å². The van der Waals surface area contributed by atoms with Crippen molar-refractivity contribution < 1.29 is 24.5 Å². The van der Waals surface area contributed by atoms with Crippen LogP contribution < -0.4 is 4.74 Å². The second-order valence-electron chi connectivity index (χ2n) is 5.10. The lowest BCUT2D eigenvalue weighted by Crippen LogP contribution is -2.44. The highest BCUT2D eigenvalue weighted by molar-refractivity contribution is 5.98. The number of carbonyl (C=O) groups excluding carboxylic acids is 1. The number of likely N-dealkylation sites (tertiary alicyclic amines) is 1. The Morgan fingerprint density at radius 3 is 2.81 bits per heavy atom. The number of phenols is 1. The fourth-order valence-electron chi connectivity index (χ4n) is 2.70. The van der Waals surface area contributed by atoms with Gasteiger partial charge in [-0.25, -0.2) is 0 Å². The van der Waals surface area contributed by atoms with Crippen LogP contribution in [0.2, 0.25) is 0 Å². The molecule has 1 saturated heterocycles. The van der Waals surface area contributed by atoms with E-state index in [0.717, 1.165) is 12.8 Å². The molecule has 114 valence electrons. The molecule has 1 heterocycles. The Kier molecular flexibility index (Phi) is 4.67. The Morgan fingerprint density at radius 1 is 1.38 bits per heavy atom. The standard InChI is InChI=1S/C15H19NO5/c1-21-12-7-4-6-11(14(12)19)15(20)16-8-3-2-5-10(16)9-13(17)18/h4,6-7,10,19H,2-3,5,8-9H2,1H3,(H,17,18). The van der Waals surface area contributed by atoms with Crippen LogP contribution in [0.15, 0.2) is 18.2 Å². The number of carboxylic acid groups (broad SMARTS) is 1. The van der Waals surface area contributed by atoms with Crippen molar-refractivity contribution in [1.29, 1.82) is 0 Å². The lowest BCUT2D eigenvalue weighted by molar-refractivity contribution is -0.138. The number of para-hydroxylation sites is 1. The second kappa shape index (κ2) is 6.47. The summed E-state index contributed by atoms with van der Waals surface area (Å²) in [5, 5.41) is 19.0. The van der Waals surface area contributed by atoms with Gasteiger partial charge in [0.1, 0.15) is 0 Å². The van der Waals surface area contributed by atoms with Crippen LogP contribution in [0.3, 0.4) is 0 Å². The quantitative estimate of drug-likeness (QED) is 0.885. The number of benzene rings is 1. The number of aromatic hydroxyl groups is 1. The summed E-state index contributed by atoms with van der Waals surface area (Å²) in [5.41, 5.74) is 0.145. The first-order chi connectivity index (χ1) is 10.0. The van der Waals surface area contributed by atoms with Crippen LogP contribution >= 0.6 is 0 Å². The van der Waals surface area contributed by atoms with Gasteiger partial charge in [-0.1, -0.05) is 6.07 Å². The van der Waals surface area contributed by atoms with Crippen LogP contribution in [0.1, 0.15) is 36.0 Å². The summed E-state index contributed by atoms with van der Waals surface area (Å²) in [5.74, 6) is -1.25. The number of carboxylic acids is 1. The van der Waals surface area contributed by atoms with Crippen molar-refractivity contribution in [2.24, 2.45) is 0 Å². The van der Waals surface area contributed by atoms with Crippen molar-refractivity contribution in [3.63, 3.8) is 0 Å². The minimum absolute atomic E-state index is 0.0729. The molecule has 1 aromatic carbocycles. The summed E-state index contributed by atoms with van der Waals surface area (Å²) < 4.78 is 5.00. The monoisotopic (exact) mass is 293 g/mol. The number of ether oxygens (including phenoxy) is 1. The van der Waals surface area contributed by atoms with E-state index < -0.39 is 5.97 Å². The summed E-state index contributed by atoms with van der Waals surface area (Å²) in [6, 6.07) is 4.39. The Morgan fingerprint density at radius 2 is 2.14 bits per heavy atom. The highest BCUT2D eigenvalue weighted by Crippen LogP contribution is 2.32. The minimum Gasteiger partial charge on any atom is -0.504 e. The van der Waals surface area contributed by atoms with Crippen molar-refractivity contribution in [2.45, 2.75) is 31.7 Å². The smallest absolute Gasteiger partial charge is 0.305 e. The highest BCUT2D eigenvalue weighted by Gasteiger charge is 2.30. The minimum atomic E-state index is -0.922. The maximum Gasteiger partial charge on any atom is 0.305 e. The second-order valence-corrected chi connectivity index (χ2v) is 5.10. The topological polar surface area (TPSA) is 87.1 Å². The maximum atomic E-state index is 12.6. The summed E-state index contributed by atoms with van der Waals surface area (Å²) in [7, 11) is 1.41. The summed E-state index contributed by atoms with van der Waals surface area (Å²) in [6.45, 7) is 0.507. The van der Waals surface area contributed by atoms with Crippen LogP contribution in [0.25, 0.3) is 0 Å². The number of phenolic OH excluding ortho intramolecular Hbond substituents is 1. The normalized spacial score (nSPS) is 18.3. The van der Waals surface area contributed by atoms with Gasteiger partial charge < -0.3 is 19.8 Å². The van der Waals surface area contributed by atoms with E-state index in [4.69, 9.17) is 9.84 Å². The van der Waals surface area contributed by atoms with Crippen LogP contribution in [0.4, 0.5) is 0 Å². The van der Waals surface area contributed by atoms with E-state index in [0.29, 0.717) is 13.0 Å². The van der Waals surface area contributed by atoms with Crippen LogP contribution in [0.5, 0.6) is 11.5 Å². The third-order valence-electron chi connectivity index (χ3n) is 3.75. The van der Waals surface area contributed by atoms with Crippen molar-refractivity contribution in [3.05, 3.63) is 23.8 Å². The number of carbonyl (C=O) groups is 2. The molecular formula is C15H19NO5. The molecule has 0 saturated carbocycles. The Bertz CT molecular complexity index is 543. The number of methoxy groups -OCH3 is 1. The van der Waals surface area contributed by atoms with Gasteiger partial charge in [-0.15, -0.1) is 0 Å². The number of hydrogen-bond acceptors (Lipinski definition) is 4. The number of rotatable bonds is 4. The molecule has 21 heavy (non-hydrogen) atoms. The number of nitrogens with zero attached hydrogens (tertiary/aromatic N) is 1.